The predicted molar refractivity (Wildman–Crippen MR) is 98.9 cm³/mol. The summed E-state index contributed by atoms with van der Waals surface area (Å²) in [7, 11) is 0. The molecule has 0 saturated carbocycles. The van der Waals surface area contributed by atoms with Crippen molar-refractivity contribution in [1.29, 1.82) is 0 Å². The van der Waals surface area contributed by atoms with Crippen molar-refractivity contribution in [1.82, 2.24) is 0 Å². The van der Waals surface area contributed by atoms with Gasteiger partial charge in [-0.25, -0.2) is 0 Å². The van der Waals surface area contributed by atoms with Gasteiger partial charge in [0.15, 0.2) is 0 Å². The third-order valence-corrected chi connectivity index (χ3v) is 4.13. The van der Waals surface area contributed by atoms with Gasteiger partial charge in [-0.05, 0) is 19.8 Å². The molecular formula is C21H40. The Morgan fingerprint density at radius 2 is 1.05 bits per heavy atom. The molecule has 0 N–H and O–H groups in total. The zero-order valence-electron chi connectivity index (χ0n) is 15.0. The average Bonchev–Trinajstić information content (AvgIpc) is 2.46. The standard InChI is InChI=1S/C21H40/c1-4-5-6-7-8-9-10-11-12-13-14-15-16-17-18-19-20-21(2)3/h19-20H,2,4-18H2,1,3H3. The molecular weight excluding hydrogens is 252 g/mol. The van der Waals surface area contributed by atoms with Crippen LogP contribution in [-0.4, -0.2) is 0 Å². The monoisotopic (exact) mass is 292 g/mol. The Kier molecular flexibility index (Phi) is 17.1. The van der Waals surface area contributed by atoms with Gasteiger partial charge in [-0.2, -0.15) is 0 Å². The maximum atomic E-state index is 3.88. The van der Waals surface area contributed by atoms with Crippen LogP contribution in [0.25, 0.3) is 0 Å². The highest BCUT2D eigenvalue weighted by Gasteiger charge is 1.93. The molecule has 0 bridgehead atoms. The summed E-state index contributed by atoms with van der Waals surface area (Å²) in [5.74, 6) is 0. The third-order valence-electron chi connectivity index (χ3n) is 4.13. The molecule has 0 aromatic carbocycles. The van der Waals surface area contributed by atoms with Crippen molar-refractivity contribution in [2.45, 2.75) is 110 Å². The van der Waals surface area contributed by atoms with Gasteiger partial charge in [0.1, 0.15) is 0 Å². The van der Waals surface area contributed by atoms with Crippen molar-refractivity contribution in [3.8, 4) is 0 Å². The van der Waals surface area contributed by atoms with Crippen LogP contribution in [0.3, 0.4) is 0 Å². The van der Waals surface area contributed by atoms with Crippen molar-refractivity contribution < 1.29 is 0 Å². The minimum atomic E-state index is 1.17. The van der Waals surface area contributed by atoms with Crippen LogP contribution < -0.4 is 0 Å². The van der Waals surface area contributed by atoms with E-state index in [-0.39, 0.29) is 0 Å². The summed E-state index contributed by atoms with van der Waals surface area (Å²) in [6, 6.07) is 0. The Labute approximate surface area is 135 Å². The van der Waals surface area contributed by atoms with Crippen molar-refractivity contribution in [3.63, 3.8) is 0 Å². The van der Waals surface area contributed by atoms with Gasteiger partial charge in [0, 0.05) is 0 Å². The zero-order chi connectivity index (χ0) is 15.6. The number of unbranched alkanes of at least 4 members (excludes halogenated alkanes) is 14. The van der Waals surface area contributed by atoms with E-state index in [0.717, 1.165) is 0 Å². The second-order valence-corrected chi connectivity index (χ2v) is 6.63. The topological polar surface area (TPSA) is 0 Å². The second-order valence-electron chi connectivity index (χ2n) is 6.63. The Bertz CT molecular complexity index is 236. The lowest BCUT2D eigenvalue weighted by atomic mass is 10.0. The Morgan fingerprint density at radius 1 is 0.667 bits per heavy atom. The molecule has 0 heteroatoms. The molecule has 0 rings (SSSR count). The fourth-order valence-electron chi connectivity index (χ4n) is 2.74. The molecule has 0 nitrogen and oxygen atoms in total. The van der Waals surface area contributed by atoms with E-state index in [9.17, 15) is 0 Å². The lowest BCUT2D eigenvalue weighted by Crippen LogP contribution is -1.83. The van der Waals surface area contributed by atoms with E-state index in [0.29, 0.717) is 0 Å². The quantitative estimate of drug-likeness (QED) is 0.200. The van der Waals surface area contributed by atoms with Crippen molar-refractivity contribution in [2.75, 3.05) is 0 Å². The largest absolute Gasteiger partial charge is 0.0961 e. The van der Waals surface area contributed by atoms with Gasteiger partial charge in [-0.3, -0.25) is 0 Å². The Balaban J connectivity index is 3.01. The highest BCUT2D eigenvalue weighted by molar-refractivity contribution is 5.10. The molecule has 0 aromatic rings. The first kappa shape index (κ1) is 20.5. The molecule has 124 valence electrons. The zero-order valence-corrected chi connectivity index (χ0v) is 15.0. The second kappa shape index (κ2) is 17.5. The molecule has 0 radical (unpaired) electrons. The van der Waals surface area contributed by atoms with Crippen LogP contribution in [0.1, 0.15) is 110 Å². The maximum Gasteiger partial charge on any atom is -0.0348 e. The smallest absolute Gasteiger partial charge is 0.0348 e. The van der Waals surface area contributed by atoms with E-state index in [2.05, 4.69) is 32.6 Å². The van der Waals surface area contributed by atoms with Crippen LogP contribution in [0.5, 0.6) is 0 Å². The van der Waals surface area contributed by atoms with Gasteiger partial charge < -0.3 is 0 Å². The summed E-state index contributed by atoms with van der Waals surface area (Å²) in [4.78, 5) is 0. The van der Waals surface area contributed by atoms with Crippen LogP contribution in [0.4, 0.5) is 0 Å². The molecule has 0 heterocycles. The van der Waals surface area contributed by atoms with Crippen LogP contribution >= 0.6 is 0 Å². The van der Waals surface area contributed by atoms with Gasteiger partial charge >= 0.3 is 0 Å². The van der Waals surface area contributed by atoms with Gasteiger partial charge in [0.2, 0.25) is 0 Å². The summed E-state index contributed by atoms with van der Waals surface area (Å²) in [5.41, 5.74) is 1.17. The summed E-state index contributed by atoms with van der Waals surface area (Å²) in [6.07, 6.45) is 25.8. The van der Waals surface area contributed by atoms with Crippen LogP contribution in [0.15, 0.2) is 24.3 Å². The molecule has 0 fully saturated rings. The molecule has 0 atom stereocenters. The highest BCUT2D eigenvalue weighted by Crippen LogP contribution is 2.13. The first-order valence-electron chi connectivity index (χ1n) is 9.59. The molecule has 21 heavy (non-hydrogen) atoms. The SMILES string of the molecule is C=C(C)C=CCCCCCCCCCCCCCCCC. The molecule has 0 amide bonds. The van der Waals surface area contributed by atoms with Gasteiger partial charge in [-0.15, -0.1) is 0 Å². The average molecular weight is 293 g/mol. The highest BCUT2D eigenvalue weighted by atomic mass is 14.0. The van der Waals surface area contributed by atoms with Gasteiger partial charge in [0.25, 0.3) is 0 Å². The van der Waals surface area contributed by atoms with Crippen molar-refractivity contribution >= 4 is 0 Å². The lowest BCUT2D eigenvalue weighted by molar-refractivity contribution is 0.536. The molecule has 0 spiro atoms. The maximum absolute atomic E-state index is 3.88. The molecule has 0 aliphatic heterocycles. The number of allylic oxidation sites excluding steroid dienone is 3. The summed E-state index contributed by atoms with van der Waals surface area (Å²) < 4.78 is 0. The first-order valence-corrected chi connectivity index (χ1v) is 9.59. The Hall–Kier alpha value is -0.520. The summed E-state index contributed by atoms with van der Waals surface area (Å²) in [5, 5.41) is 0. The first-order chi connectivity index (χ1) is 10.3. The predicted octanol–water partition coefficient (Wildman–Crippen LogP) is 7.99. The summed E-state index contributed by atoms with van der Waals surface area (Å²) in [6.45, 7) is 8.22. The van der Waals surface area contributed by atoms with E-state index < -0.39 is 0 Å². The van der Waals surface area contributed by atoms with E-state index in [1.54, 1.807) is 0 Å². The number of hydrogen-bond donors (Lipinski definition) is 0. The van der Waals surface area contributed by atoms with Gasteiger partial charge in [-0.1, -0.05) is 115 Å². The number of hydrogen-bond acceptors (Lipinski definition) is 0. The third kappa shape index (κ3) is 19.5. The fraction of sp³-hybridized carbons (Fsp3) is 0.810. The minimum Gasteiger partial charge on any atom is -0.0961 e. The lowest BCUT2D eigenvalue weighted by Gasteiger charge is -2.02. The van der Waals surface area contributed by atoms with Crippen molar-refractivity contribution in [2.24, 2.45) is 0 Å². The molecule has 0 aliphatic carbocycles. The van der Waals surface area contributed by atoms with Crippen LogP contribution in [0.2, 0.25) is 0 Å². The Morgan fingerprint density at radius 3 is 1.43 bits per heavy atom. The fourth-order valence-corrected chi connectivity index (χ4v) is 2.74. The molecule has 0 aliphatic rings. The van der Waals surface area contributed by atoms with E-state index >= 15 is 0 Å². The van der Waals surface area contributed by atoms with E-state index in [4.69, 9.17) is 0 Å². The van der Waals surface area contributed by atoms with Crippen LogP contribution in [-0.2, 0) is 0 Å². The summed E-state index contributed by atoms with van der Waals surface area (Å²) >= 11 is 0. The van der Waals surface area contributed by atoms with Crippen LogP contribution in [0, 0.1) is 0 Å². The van der Waals surface area contributed by atoms with E-state index in [1.165, 1.54) is 102 Å². The molecule has 0 unspecified atom stereocenters. The van der Waals surface area contributed by atoms with E-state index in [1.807, 2.05) is 0 Å². The molecule has 0 saturated heterocycles. The van der Waals surface area contributed by atoms with Gasteiger partial charge in [0.05, 0.1) is 0 Å². The minimum absolute atomic E-state index is 1.17. The normalized spacial score (nSPS) is 11.3. The van der Waals surface area contributed by atoms with Crippen molar-refractivity contribution in [3.05, 3.63) is 24.3 Å². The molecule has 0 aromatic heterocycles. The number of rotatable bonds is 16.